The van der Waals surface area contributed by atoms with Crippen LogP contribution in [0.2, 0.25) is 0 Å². The largest absolute Gasteiger partial charge is 0.573 e. The second-order valence-electron chi connectivity index (χ2n) is 6.12. The van der Waals surface area contributed by atoms with Crippen LogP contribution in [0.1, 0.15) is 24.4 Å². The molecular weight excluding hydrogens is 394 g/mol. The molecule has 10 heteroatoms. The van der Waals surface area contributed by atoms with Crippen molar-refractivity contribution < 1.29 is 31.6 Å². The molecule has 1 amide bonds. The molecule has 3 aromatic rings. The van der Waals surface area contributed by atoms with Gasteiger partial charge in [-0.1, -0.05) is 17.3 Å². The molecule has 3 rings (SSSR count). The van der Waals surface area contributed by atoms with Crippen molar-refractivity contribution in [3.8, 4) is 17.1 Å². The van der Waals surface area contributed by atoms with E-state index in [4.69, 9.17) is 4.52 Å². The number of nitrogens with one attached hydrogen (secondary N) is 1. The van der Waals surface area contributed by atoms with Gasteiger partial charge in [0.1, 0.15) is 17.6 Å². The van der Waals surface area contributed by atoms with E-state index in [2.05, 4.69) is 20.2 Å². The molecule has 0 aliphatic heterocycles. The van der Waals surface area contributed by atoms with Gasteiger partial charge in [0.25, 0.3) is 0 Å². The Morgan fingerprint density at radius 3 is 2.41 bits per heavy atom. The maximum Gasteiger partial charge on any atom is 0.573 e. The normalized spacial score (nSPS) is 12.4. The van der Waals surface area contributed by atoms with Crippen molar-refractivity contribution in [1.82, 2.24) is 15.5 Å². The molecule has 152 valence electrons. The number of alkyl halides is 3. The predicted molar refractivity (Wildman–Crippen MR) is 93.1 cm³/mol. The number of carbonyl (C=O) groups excluding carboxylic acids is 1. The molecule has 6 nitrogen and oxygen atoms in total. The Morgan fingerprint density at radius 1 is 1.14 bits per heavy atom. The molecule has 0 fully saturated rings. The van der Waals surface area contributed by atoms with Crippen molar-refractivity contribution in [3.63, 3.8) is 0 Å². The van der Waals surface area contributed by atoms with E-state index >= 15 is 0 Å². The lowest BCUT2D eigenvalue weighted by molar-refractivity contribution is -0.274. The van der Waals surface area contributed by atoms with Gasteiger partial charge in [-0.05, 0) is 48.9 Å². The van der Waals surface area contributed by atoms with E-state index in [1.54, 1.807) is 6.92 Å². The van der Waals surface area contributed by atoms with Crippen LogP contribution in [-0.2, 0) is 11.2 Å². The van der Waals surface area contributed by atoms with E-state index in [-0.39, 0.29) is 29.8 Å². The first-order valence-corrected chi connectivity index (χ1v) is 8.43. The van der Waals surface area contributed by atoms with Gasteiger partial charge in [-0.25, -0.2) is 4.39 Å². The second kappa shape index (κ2) is 8.29. The molecule has 0 bridgehead atoms. The summed E-state index contributed by atoms with van der Waals surface area (Å²) in [6.07, 6.45) is -4.83. The van der Waals surface area contributed by atoms with Crippen LogP contribution < -0.4 is 10.1 Å². The number of carbonyl (C=O) groups is 1. The molecule has 29 heavy (non-hydrogen) atoms. The molecule has 1 unspecified atom stereocenters. The minimum Gasteiger partial charge on any atom is -0.406 e. The number of hydrogen-bond donors (Lipinski definition) is 1. The molecule has 0 spiro atoms. The fourth-order valence-corrected chi connectivity index (χ4v) is 2.48. The highest BCUT2D eigenvalue weighted by molar-refractivity contribution is 5.78. The number of nitrogens with zero attached hydrogens (tertiary/aromatic N) is 2. The maximum atomic E-state index is 13.0. The standard InChI is InChI=1S/C19H15F4N3O3/c1-11(18-25-17(26-29-18)13-4-6-14(20)7-5-13)24-16(27)10-12-2-8-15(9-3-12)28-19(21,22)23/h2-9,11H,10H2,1H3,(H,24,27). The van der Waals surface area contributed by atoms with Gasteiger partial charge in [-0.3, -0.25) is 4.79 Å². The topological polar surface area (TPSA) is 77.2 Å². The number of ether oxygens (including phenoxy) is 1. The van der Waals surface area contributed by atoms with Crippen molar-refractivity contribution in [3.05, 3.63) is 65.8 Å². The lowest BCUT2D eigenvalue weighted by Gasteiger charge is -2.11. The zero-order valence-electron chi connectivity index (χ0n) is 15.0. The first-order chi connectivity index (χ1) is 13.7. The molecule has 0 aliphatic rings. The van der Waals surface area contributed by atoms with Crippen LogP contribution in [0.15, 0.2) is 53.1 Å². The zero-order valence-corrected chi connectivity index (χ0v) is 15.0. The van der Waals surface area contributed by atoms with Gasteiger partial charge in [0, 0.05) is 5.56 Å². The summed E-state index contributed by atoms with van der Waals surface area (Å²) in [7, 11) is 0. The second-order valence-corrected chi connectivity index (χ2v) is 6.12. The third kappa shape index (κ3) is 5.77. The van der Waals surface area contributed by atoms with Crippen LogP contribution in [0.25, 0.3) is 11.4 Å². The summed E-state index contributed by atoms with van der Waals surface area (Å²) in [4.78, 5) is 16.3. The summed E-state index contributed by atoms with van der Waals surface area (Å²) in [5.41, 5.74) is 1.06. The number of benzene rings is 2. The molecule has 1 N–H and O–H groups in total. The van der Waals surface area contributed by atoms with Crippen LogP contribution in [-0.4, -0.2) is 22.4 Å². The first-order valence-electron chi connectivity index (χ1n) is 8.43. The van der Waals surface area contributed by atoms with Crippen molar-refractivity contribution in [2.45, 2.75) is 25.7 Å². The minimum absolute atomic E-state index is 0.0599. The minimum atomic E-state index is -4.77. The number of amides is 1. The van der Waals surface area contributed by atoms with E-state index in [0.717, 1.165) is 12.1 Å². The maximum absolute atomic E-state index is 13.0. The van der Waals surface area contributed by atoms with Crippen molar-refractivity contribution in [2.24, 2.45) is 0 Å². The Balaban J connectivity index is 1.57. The van der Waals surface area contributed by atoms with E-state index in [9.17, 15) is 22.4 Å². The molecule has 1 atom stereocenters. The van der Waals surface area contributed by atoms with Gasteiger partial charge in [-0.2, -0.15) is 4.98 Å². The summed E-state index contributed by atoms with van der Waals surface area (Å²) < 4.78 is 58.4. The van der Waals surface area contributed by atoms with E-state index in [0.29, 0.717) is 11.1 Å². The van der Waals surface area contributed by atoms with Crippen LogP contribution in [0.5, 0.6) is 5.75 Å². The van der Waals surface area contributed by atoms with Gasteiger partial charge >= 0.3 is 6.36 Å². The summed E-state index contributed by atoms with van der Waals surface area (Å²) in [6, 6.07) is 9.92. The Kier molecular flexibility index (Phi) is 5.81. The molecule has 0 saturated heterocycles. The number of aromatic nitrogens is 2. The molecule has 0 radical (unpaired) electrons. The van der Waals surface area contributed by atoms with Gasteiger partial charge < -0.3 is 14.6 Å². The van der Waals surface area contributed by atoms with Crippen LogP contribution in [0, 0.1) is 5.82 Å². The summed E-state index contributed by atoms with van der Waals surface area (Å²) in [5, 5.41) is 6.47. The average Bonchev–Trinajstić information content (AvgIpc) is 3.13. The Morgan fingerprint density at radius 2 is 1.79 bits per heavy atom. The third-order valence-corrected chi connectivity index (χ3v) is 3.81. The van der Waals surface area contributed by atoms with E-state index in [1.165, 1.54) is 36.4 Å². The summed E-state index contributed by atoms with van der Waals surface area (Å²) in [6.45, 7) is 1.64. The molecule has 1 heterocycles. The van der Waals surface area contributed by atoms with Gasteiger partial charge in [0.15, 0.2) is 0 Å². The Labute approximate surface area is 162 Å². The Bertz CT molecular complexity index is 970. The average molecular weight is 409 g/mol. The van der Waals surface area contributed by atoms with Crippen LogP contribution in [0.3, 0.4) is 0 Å². The van der Waals surface area contributed by atoms with Gasteiger partial charge in [0.2, 0.25) is 17.6 Å². The lowest BCUT2D eigenvalue weighted by atomic mass is 10.1. The Hall–Kier alpha value is -3.43. The van der Waals surface area contributed by atoms with Crippen LogP contribution in [0.4, 0.5) is 17.6 Å². The fourth-order valence-electron chi connectivity index (χ4n) is 2.48. The summed E-state index contributed by atoms with van der Waals surface area (Å²) in [5.74, 6) is -0.734. The van der Waals surface area contributed by atoms with E-state index in [1.807, 2.05) is 0 Å². The summed E-state index contributed by atoms with van der Waals surface area (Å²) >= 11 is 0. The first kappa shape index (κ1) is 20.3. The fraction of sp³-hybridized carbons (Fsp3) is 0.211. The molecule has 0 aliphatic carbocycles. The predicted octanol–water partition coefficient (Wildman–Crippen LogP) is 4.19. The highest BCUT2D eigenvalue weighted by Gasteiger charge is 2.31. The number of hydrogen-bond acceptors (Lipinski definition) is 5. The third-order valence-electron chi connectivity index (χ3n) is 3.81. The lowest BCUT2D eigenvalue weighted by Crippen LogP contribution is -2.28. The smallest absolute Gasteiger partial charge is 0.406 e. The highest BCUT2D eigenvalue weighted by atomic mass is 19.4. The van der Waals surface area contributed by atoms with Crippen molar-refractivity contribution >= 4 is 5.91 Å². The molecule has 0 saturated carbocycles. The van der Waals surface area contributed by atoms with Gasteiger partial charge in [0.05, 0.1) is 6.42 Å². The zero-order chi connectivity index (χ0) is 21.0. The number of halogens is 4. The monoisotopic (exact) mass is 409 g/mol. The molecular formula is C19H15F4N3O3. The SMILES string of the molecule is CC(NC(=O)Cc1ccc(OC(F)(F)F)cc1)c1nc(-c2ccc(F)cc2)no1. The molecule has 1 aromatic heterocycles. The van der Waals surface area contributed by atoms with Crippen molar-refractivity contribution in [1.29, 1.82) is 0 Å². The van der Waals surface area contributed by atoms with Crippen LogP contribution >= 0.6 is 0 Å². The van der Waals surface area contributed by atoms with E-state index < -0.39 is 18.2 Å². The number of rotatable bonds is 6. The molecule has 2 aromatic carbocycles. The van der Waals surface area contributed by atoms with Gasteiger partial charge in [-0.15, -0.1) is 13.2 Å². The highest BCUT2D eigenvalue weighted by Crippen LogP contribution is 2.23. The van der Waals surface area contributed by atoms with Crippen molar-refractivity contribution in [2.75, 3.05) is 0 Å². The quantitative estimate of drug-likeness (QED) is 0.618.